The molecule has 2 aliphatic heterocycles. The van der Waals surface area contributed by atoms with Crippen LogP contribution in [0.25, 0.3) is 0 Å². The van der Waals surface area contributed by atoms with Crippen LogP contribution in [-0.2, 0) is 16.6 Å². The molecule has 0 aromatic heterocycles. The molecule has 2 heterocycles. The minimum absolute atomic E-state index is 0.178. The van der Waals surface area contributed by atoms with E-state index in [9.17, 15) is 9.59 Å². The number of carbonyl (C=O) groups excluding carboxylic acids is 2. The molecule has 5 atom stereocenters. The second-order valence-corrected chi connectivity index (χ2v) is 10.7. The van der Waals surface area contributed by atoms with Crippen LogP contribution in [0, 0.1) is 5.92 Å². The van der Waals surface area contributed by atoms with Crippen molar-refractivity contribution >= 4 is 11.9 Å². The molecule has 6 heteroatoms. The monoisotopic (exact) mass is 519 g/mol. The Morgan fingerprint density at radius 2 is 1.69 bits per heavy atom. The van der Waals surface area contributed by atoms with Crippen molar-refractivity contribution in [1.82, 2.24) is 4.90 Å². The maximum absolute atomic E-state index is 13.1. The Bertz CT molecular complexity index is 1480. The van der Waals surface area contributed by atoms with Gasteiger partial charge >= 0.3 is 11.9 Å². The van der Waals surface area contributed by atoms with E-state index in [1.807, 2.05) is 54.6 Å². The van der Waals surface area contributed by atoms with Crippen molar-refractivity contribution in [3.63, 3.8) is 0 Å². The van der Waals surface area contributed by atoms with Gasteiger partial charge in [0.25, 0.3) is 0 Å². The highest BCUT2D eigenvalue weighted by molar-refractivity contribution is 5.91. The Morgan fingerprint density at radius 3 is 2.41 bits per heavy atom. The summed E-state index contributed by atoms with van der Waals surface area (Å²) in [5.74, 6) is 0.375. The van der Waals surface area contributed by atoms with E-state index in [0.29, 0.717) is 22.6 Å². The molecule has 7 rings (SSSR count). The fourth-order valence-electron chi connectivity index (χ4n) is 7.18. The van der Waals surface area contributed by atoms with Crippen LogP contribution < -0.4 is 9.47 Å². The normalized spacial score (nSPS) is 27.7. The van der Waals surface area contributed by atoms with Gasteiger partial charge in [-0.1, -0.05) is 54.6 Å². The lowest BCUT2D eigenvalue weighted by Gasteiger charge is -2.57. The summed E-state index contributed by atoms with van der Waals surface area (Å²) in [6, 6.07) is 22.2. The van der Waals surface area contributed by atoms with Gasteiger partial charge in [0.05, 0.1) is 11.1 Å². The van der Waals surface area contributed by atoms with E-state index in [2.05, 4.69) is 23.6 Å². The van der Waals surface area contributed by atoms with Crippen molar-refractivity contribution in [2.24, 2.45) is 5.92 Å². The lowest BCUT2D eigenvalue weighted by molar-refractivity contribution is -0.0581. The van der Waals surface area contributed by atoms with Gasteiger partial charge in [0.2, 0.25) is 0 Å². The van der Waals surface area contributed by atoms with Gasteiger partial charge in [-0.3, -0.25) is 4.90 Å². The fraction of sp³-hybridized carbons (Fsp3) is 0.273. The first-order valence-electron chi connectivity index (χ1n) is 13.5. The molecule has 196 valence electrons. The molecule has 0 unspecified atom stereocenters. The van der Waals surface area contributed by atoms with Crippen molar-refractivity contribution < 1.29 is 23.8 Å². The van der Waals surface area contributed by atoms with Gasteiger partial charge in [-0.25, -0.2) is 9.59 Å². The first kappa shape index (κ1) is 23.9. The number of carbonyl (C=O) groups is 2. The van der Waals surface area contributed by atoms with E-state index < -0.39 is 18.2 Å². The number of rotatable bonds is 6. The zero-order valence-corrected chi connectivity index (χ0v) is 21.5. The molecular formula is C33H29NO5. The zero-order chi connectivity index (χ0) is 26.6. The maximum Gasteiger partial charge on any atom is 0.343 e. The van der Waals surface area contributed by atoms with Crippen LogP contribution >= 0.6 is 0 Å². The summed E-state index contributed by atoms with van der Waals surface area (Å²) in [5, 5.41) is 0. The summed E-state index contributed by atoms with van der Waals surface area (Å²) in [4.78, 5) is 28.6. The lowest BCUT2D eigenvalue weighted by atomic mass is 9.53. The van der Waals surface area contributed by atoms with Gasteiger partial charge in [-0.2, -0.15) is 0 Å². The van der Waals surface area contributed by atoms with E-state index in [-0.39, 0.29) is 23.3 Å². The van der Waals surface area contributed by atoms with Crippen LogP contribution in [0.1, 0.15) is 38.3 Å². The van der Waals surface area contributed by atoms with Crippen molar-refractivity contribution in [3.8, 4) is 11.5 Å². The summed E-state index contributed by atoms with van der Waals surface area (Å²) in [7, 11) is 0. The molecule has 3 aromatic rings. The first-order valence-corrected chi connectivity index (χ1v) is 13.5. The number of benzene rings is 3. The summed E-state index contributed by atoms with van der Waals surface area (Å²) in [5.41, 5.74) is 2.90. The molecule has 1 saturated heterocycles. The largest absolute Gasteiger partial charge is 0.481 e. The highest BCUT2D eigenvalue weighted by atomic mass is 16.6. The molecule has 2 bridgehead atoms. The highest BCUT2D eigenvalue weighted by Crippen LogP contribution is 2.63. The fourth-order valence-corrected chi connectivity index (χ4v) is 7.18. The number of piperidine rings is 1. The second-order valence-electron chi connectivity index (χ2n) is 10.7. The van der Waals surface area contributed by atoms with Crippen LogP contribution in [0.4, 0.5) is 0 Å². The van der Waals surface area contributed by atoms with E-state index >= 15 is 0 Å². The Morgan fingerprint density at radius 1 is 0.974 bits per heavy atom. The molecule has 39 heavy (non-hydrogen) atoms. The number of esters is 2. The lowest BCUT2D eigenvalue weighted by Crippen LogP contribution is -2.65. The van der Waals surface area contributed by atoms with Crippen molar-refractivity contribution in [3.05, 3.63) is 120 Å². The Labute approximate surface area is 227 Å². The van der Waals surface area contributed by atoms with E-state index in [0.717, 1.165) is 31.5 Å². The van der Waals surface area contributed by atoms with Crippen molar-refractivity contribution in [1.29, 1.82) is 0 Å². The van der Waals surface area contributed by atoms with Crippen molar-refractivity contribution in [2.75, 3.05) is 13.1 Å². The van der Waals surface area contributed by atoms with Gasteiger partial charge in [0, 0.05) is 29.5 Å². The van der Waals surface area contributed by atoms with Gasteiger partial charge in [-0.15, -0.1) is 6.58 Å². The summed E-state index contributed by atoms with van der Waals surface area (Å²) in [6.45, 7) is 5.68. The molecule has 0 N–H and O–H groups in total. The predicted octanol–water partition coefficient (Wildman–Crippen LogP) is 5.13. The molecule has 1 fully saturated rings. The average Bonchev–Trinajstić information content (AvgIpc) is 3.32. The van der Waals surface area contributed by atoms with E-state index in [1.54, 1.807) is 24.3 Å². The van der Waals surface area contributed by atoms with E-state index in [4.69, 9.17) is 14.2 Å². The summed E-state index contributed by atoms with van der Waals surface area (Å²) < 4.78 is 18.8. The van der Waals surface area contributed by atoms with Gasteiger partial charge in [-0.05, 0) is 61.4 Å². The number of hydrogen-bond acceptors (Lipinski definition) is 6. The number of hydrogen-bond donors (Lipinski definition) is 0. The zero-order valence-electron chi connectivity index (χ0n) is 21.5. The number of likely N-dealkylation sites (tertiary alicyclic amines) is 1. The Hall–Kier alpha value is -4.16. The molecular weight excluding hydrogens is 490 g/mol. The molecule has 0 amide bonds. The predicted molar refractivity (Wildman–Crippen MR) is 146 cm³/mol. The third-order valence-electron chi connectivity index (χ3n) is 8.78. The molecule has 1 spiro atoms. The van der Waals surface area contributed by atoms with E-state index in [1.165, 1.54) is 5.56 Å². The third kappa shape index (κ3) is 3.66. The molecule has 6 nitrogen and oxygen atoms in total. The SMILES string of the molecule is C=CCN1CC[C@]23c4c5ccc(OC(=O)c6ccccc6)c4O[C@H]2[C@@H](OC(=O)c2ccccc2)C=C[C@H]3[C@H]1C5. The molecule has 0 radical (unpaired) electrons. The quantitative estimate of drug-likeness (QED) is 0.256. The van der Waals surface area contributed by atoms with Crippen LogP contribution in [0.2, 0.25) is 0 Å². The van der Waals surface area contributed by atoms with Crippen LogP contribution in [0.15, 0.2) is 97.6 Å². The van der Waals surface area contributed by atoms with Crippen molar-refractivity contribution in [2.45, 2.75) is 36.5 Å². The average molecular weight is 520 g/mol. The van der Waals surface area contributed by atoms with Crippen LogP contribution in [0.5, 0.6) is 11.5 Å². The van der Waals surface area contributed by atoms with Gasteiger partial charge in [0.15, 0.2) is 17.6 Å². The third-order valence-corrected chi connectivity index (χ3v) is 8.78. The van der Waals surface area contributed by atoms with Gasteiger partial charge < -0.3 is 14.2 Å². The number of nitrogens with zero attached hydrogens (tertiary/aromatic N) is 1. The smallest absolute Gasteiger partial charge is 0.343 e. The highest BCUT2D eigenvalue weighted by Gasteiger charge is 2.65. The summed E-state index contributed by atoms with van der Waals surface area (Å²) in [6.07, 6.45) is 6.90. The first-order chi connectivity index (χ1) is 19.1. The van der Waals surface area contributed by atoms with Crippen LogP contribution in [-0.4, -0.2) is 48.2 Å². The maximum atomic E-state index is 13.1. The minimum atomic E-state index is -0.573. The minimum Gasteiger partial charge on any atom is -0.481 e. The standard InChI is InChI=1S/C33H29NO5/c1-2-18-34-19-17-33-24-14-16-27(38-32(36)22-11-7-4-8-12-22)30(33)39-29-26(15-13-23(28(29)33)20-25(24)34)37-31(35)21-9-5-3-6-10-21/h2-16,24-25,27,30H,1,17-20H2/t24-,25+,27-,30-,33-/m0/s1. The number of ether oxygens (including phenoxy) is 3. The van der Waals surface area contributed by atoms with Crippen LogP contribution in [0.3, 0.4) is 0 Å². The summed E-state index contributed by atoms with van der Waals surface area (Å²) >= 11 is 0. The molecule has 4 aliphatic rings. The molecule has 2 aliphatic carbocycles. The van der Waals surface area contributed by atoms with Gasteiger partial charge in [0.1, 0.15) is 6.10 Å². The molecule has 3 aromatic carbocycles. The Kier molecular flexibility index (Phi) is 5.67. The molecule has 0 saturated carbocycles. The second kappa shape index (κ2) is 9.24. The Balaban J connectivity index is 1.30. The topological polar surface area (TPSA) is 65.1 Å².